The Kier molecular flexibility index (Phi) is 6.67. The summed E-state index contributed by atoms with van der Waals surface area (Å²) in [6.45, 7) is 6.26. The number of fused-ring (bicyclic) bond motifs is 5. The first kappa shape index (κ1) is 26.2. The lowest BCUT2D eigenvalue weighted by molar-refractivity contribution is -0.119. The molecule has 1 atom stereocenters. The van der Waals surface area contributed by atoms with Gasteiger partial charge in [0.05, 0.1) is 16.6 Å². The number of esters is 1. The van der Waals surface area contributed by atoms with Gasteiger partial charge in [-0.05, 0) is 71.8 Å². The number of nitrogens with zero attached hydrogens (tertiary/aromatic N) is 2. The zero-order valence-corrected chi connectivity index (χ0v) is 23.8. The molecule has 1 N–H and O–H groups in total. The first-order valence-corrected chi connectivity index (χ1v) is 14.6. The molecule has 1 unspecified atom stereocenters. The lowest BCUT2D eigenvalue weighted by Gasteiger charge is -2.35. The van der Waals surface area contributed by atoms with Crippen molar-refractivity contribution in [2.45, 2.75) is 52.9 Å². The highest BCUT2D eigenvalue weighted by Gasteiger charge is 2.33. The highest BCUT2D eigenvalue weighted by Crippen LogP contribution is 2.45. The fourth-order valence-corrected chi connectivity index (χ4v) is 7.35. The molecular formula is C33H31N3O3S. The Morgan fingerprint density at radius 2 is 1.85 bits per heavy atom. The van der Waals surface area contributed by atoms with Crippen molar-refractivity contribution in [3.63, 3.8) is 0 Å². The van der Waals surface area contributed by atoms with E-state index in [1.54, 1.807) is 0 Å². The highest BCUT2D eigenvalue weighted by atomic mass is 32.1. The summed E-state index contributed by atoms with van der Waals surface area (Å²) in [6.07, 6.45) is 4.20. The Balaban J connectivity index is 1.24. The minimum Gasteiger partial charge on any atom is -0.452 e. The maximum Gasteiger partial charge on any atom is 0.339 e. The molecule has 0 radical (unpaired) electrons. The number of aromatic nitrogens is 1. The number of ether oxygens (including phenoxy) is 1. The van der Waals surface area contributed by atoms with Crippen molar-refractivity contribution in [1.29, 1.82) is 5.26 Å². The Bertz CT molecular complexity index is 1710. The summed E-state index contributed by atoms with van der Waals surface area (Å²) < 4.78 is 5.63. The fraction of sp³-hybridized carbons (Fsp3) is 0.333. The van der Waals surface area contributed by atoms with Crippen molar-refractivity contribution in [2.24, 2.45) is 11.3 Å². The smallest absolute Gasteiger partial charge is 0.339 e. The highest BCUT2D eigenvalue weighted by molar-refractivity contribution is 7.20. The molecule has 40 heavy (non-hydrogen) atoms. The van der Waals surface area contributed by atoms with Gasteiger partial charge < -0.3 is 10.1 Å². The zero-order chi connectivity index (χ0) is 28.0. The third kappa shape index (κ3) is 4.67. The molecule has 2 aliphatic carbocycles. The molecule has 4 aromatic rings. The van der Waals surface area contributed by atoms with E-state index in [1.165, 1.54) is 16.9 Å². The average molecular weight is 550 g/mol. The molecule has 0 saturated carbocycles. The molecule has 2 aromatic carbocycles. The van der Waals surface area contributed by atoms with Gasteiger partial charge in [0.2, 0.25) is 0 Å². The van der Waals surface area contributed by atoms with Gasteiger partial charge in [-0.3, -0.25) is 9.78 Å². The summed E-state index contributed by atoms with van der Waals surface area (Å²) in [5.41, 5.74) is 7.08. The van der Waals surface area contributed by atoms with Crippen molar-refractivity contribution in [3.05, 3.63) is 82.0 Å². The molecule has 0 spiro atoms. The Morgan fingerprint density at radius 1 is 1.07 bits per heavy atom. The third-order valence-electron chi connectivity index (χ3n) is 8.30. The van der Waals surface area contributed by atoms with Crippen LogP contribution in [0.2, 0.25) is 0 Å². The van der Waals surface area contributed by atoms with E-state index >= 15 is 0 Å². The number of anilines is 1. The number of amides is 1. The summed E-state index contributed by atoms with van der Waals surface area (Å²) in [4.78, 5) is 32.5. The molecule has 1 amide bonds. The SMILES string of the molecule is CC(C)(C)C1CCc2nc3ccccc3c(C(=O)OCC(=O)Nc3sc4c(c3C#N)CCc3ccccc3-4)c2C1. The summed E-state index contributed by atoms with van der Waals surface area (Å²) in [7, 11) is 0. The zero-order valence-electron chi connectivity index (χ0n) is 23.0. The van der Waals surface area contributed by atoms with E-state index in [0.717, 1.165) is 70.3 Å². The van der Waals surface area contributed by atoms with E-state index in [-0.39, 0.29) is 5.41 Å². The second kappa shape index (κ2) is 10.2. The van der Waals surface area contributed by atoms with Gasteiger partial charge in [0, 0.05) is 16.0 Å². The van der Waals surface area contributed by atoms with Crippen LogP contribution in [-0.4, -0.2) is 23.5 Å². The molecule has 2 aromatic heterocycles. The maximum atomic E-state index is 13.6. The van der Waals surface area contributed by atoms with Gasteiger partial charge in [0.15, 0.2) is 6.61 Å². The number of thiophene rings is 1. The van der Waals surface area contributed by atoms with E-state index in [4.69, 9.17) is 9.72 Å². The van der Waals surface area contributed by atoms with Crippen LogP contribution in [0.15, 0.2) is 48.5 Å². The van der Waals surface area contributed by atoms with Crippen molar-refractivity contribution in [1.82, 2.24) is 4.98 Å². The van der Waals surface area contributed by atoms with Crippen LogP contribution in [0.4, 0.5) is 5.00 Å². The van der Waals surface area contributed by atoms with Crippen LogP contribution >= 0.6 is 11.3 Å². The third-order valence-corrected chi connectivity index (χ3v) is 9.48. The first-order valence-electron chi connectivity index (χ1n) is 13.8. The molecular weight excluding hydrogens is 518 g/mol. The Labute approximate surface area is 238 Å². The van der Waals surface area contributed by atoms with Crippen LogP contribution in [0.5, 0.6) is 0 Å². The molecule has 0 fully saturated rings. The Hall–Kier alpha value is -4.02. The number of benzene rings is 2. The van der Waals surface area contributed by atoms with Crippen LogP contribution in [0.1, 0.15) is 65.5 Å². The first-order chi connectivity index (χ1) is 19.2. The minimum absolute atomic E-state index is 0.100. The molecule has 0 aliphatic heterocycles. The fourth-order valence-electron chi connectivity index (χ4n) is 6.07. The predicted molar refractivity (Wildman–Crippen MR) is 158 cm³/mol. The number of para-hydroxylation sites is 1. The number of hydrogen-bond donors (Lipinski definition) is 1. The minimum atomic E-state index is -0.514. The van der Waals surface area contributed by atoms with E-state index in [9.17, 15) is 14.9 Å². The normalized spacial score (nSPS) is 15.9. The topological polar surface area (TPSA) is 92.1 Å². The van der Waals surface area contributed by atoms with Gasteiger partial charge in [0.25, 0.3) is 5.91 Å². The lowest BCUT2D eigenvalue weighted by atomic mass is 9.70. The number of pyridine rings is 1. The van der Waals surface area contributed by atoms with Crippen molar-refractivity contribution in [2.75, 3.05) is 11.9 Å². The van der Waals surface area contributed by atoms with Crippen molar-refractivity contribution < 1.29 is 14.3 Å². The second-order valence-electron chi connectivity index (χ2n) is 11.7. The molecule has 6 rings (SSSR count). The van der Waals surface area contributed by atoms with Gasteiger partial charge in [-0.1, -0.05) is 63.2 Å². The van der Waals surface area contributed by atoms with E-state index in [2.05, 4.69) is 44.3 Å². The summed E-state index contributed by atoms with van der Waals surface area (Å²) in [5, 5.41) is 14.0. The molecule has 2 heterocycles. The van der Waals surface area contributed by atoms with E-state index in [1.807, 2.05) is 36.4 Å². The van der Waals surface area contributed by atoms with E-state index < -0.39 is 18.5 Å². The predicted octanol–water partition coefficient (Wildman–Crippen LogP) is 6.88. The van der Waals surface area contributed by atoms with Crippen LogP contribution in [0, 0.1) is 22.7 Å². The van der Waals surface area contributed by atoms with Crippen molar-refractivity contribution in [3.8, 4) is 16.5 Å². The molecule has 2 aliphatic rings. The van der Waals surface area contributed by atoms with Gasteiger partial charge in [-0.25, -0.2) is 4.79 Å². The number of hydrogen-bond acceptors (Lipinski definition) is 6. The van der Waals surface area contributed by atoms with Crippen LogP contribution in [-0.2, 0) is 35.2 Å². The second-order valence-corrected chi connectivity index (χ2v) is 12.8. The largest absolute Gasteiger partial charge is 0.452 e. The number of nitriles is 1. The van der Waals surface area contributed by atoms with Crippen molar-refractivity contribution >= 4 is 39.1 Å². The van der Waals surface area contributed by atoms with E-state index in [0.29, 0.717) is 22.0 Å². The van der Waals surface area contributed by atoms with Gasteiger partial charge in [-0.15, -0.1) is 11.3 Å². The number of nitrogens with one attached hydrogen (secondary N) is 1. The number of aryl methyl sites for hydroxylation is 2. The molecule has 202 valence electrons. The standard InChI is InChI=1S/C33H31N3O3S/c1-33(2,3)20-13-15-27-24(16-20)29(23-10-6-7-11-26(23)35-27)32(38)39-18-28(37)36-31-25(17-34)22-14-12-19-8-4-5-9-21(19)30(22)40-31/h4-11,20H,12-16,18H2,1-3H3,(H,36,37). The monoisotopic (exact) mass is 549 g/mol. The number of carbonyl (C=O) groups excluding carboxylic acids is 2. The van der Waals surface area contributed by atoms with Crippen LogP contribution in [0.25, 0.3) is 21.3 Å². The molecule has 6 nitrogen and oxygen atoms in total. The summed E-state index contributed by atoms with van der Waals surface area (Å²) in [6, 6.07) is 18.1. The van der Waals surface area contributed by atoms with Gasteiger partial charge >= 0.3 is 5.97 Å². The Morgan fingerprint density at radius 3 is 2.65 bits per heavy atom. The molecule has 0 bridgehead atoms. The molecule has 7 heteroatoms. The quantitative estimate of drug-likeness (QED) is 0.280. The van der Waals surface area contributed by atoms with Gasteiger partial charge in [0.1, 0.15) is 11.1 Å². The van der Waals surface area contributed by atoms with Crippen LogP contribution < -0.4 is 5.32 Å². The average Bonchev–Trinajstić information content (AvgIpc) is 3.31. The summed E-state index contributed by atoms with van der Waals surface area (Å²) >= 11 is 1.41. The summed E-state index contributed by atoms with van der Waals surface area (Å²) in [5.74, 6) is -0.562. The molecule has 0 saturated heterocycles. The van der Waals surface area contributed by atoms with Gasteiger partial charge in [-0.2, -0.15) is 5.26 Å². The number of carbonyl (C=O) groups is 2. The van der Waals surface area contributed by atoms with Crippen LogP contribution in [0.3, 0.4) is 0 Å². The maximum absolute atomic E-state index is 13.6. The number of rotatable bonds is 4. The lowest BCUT2D eigenvalue weighted by Crippen LogP contribution is -2.29.